The van der Waals surface area contributed by atoms with E-state index < -0.39 is 0 Å². The Hall–Kier alpha value is -1.88. The van der Waals surface area contributed by atoms with Crippen LogP contribution in [0.5, 0.6) is 0 Å². The third-order valence-corrected chi connectivity index (χ3v) is 2.67. The van der Waals surface area contributed by atoms with Crippen LogP contribution in [0.3, 0.4) is 0 Å². The van der Waals surface area contributed by atoms with Gasteiger partial charge in [0.1, 0.15) is 6.10 Å². The minimum atomic E-state index is 0.190. The Bertz CT molecular complexity index is 433. The number of anilines is 2. The van der Waals surface area contributed by atoms with Crippen molar-refractivity contribution in [3.63, 3.8) is 0 Å². The fourth-order valence-electron chi connectivity index (χ4n) is 1.50. The van der Waals surface area contributed by atoms with Gasteiger partial charge in [-0.1, -0.05) is 36.4 Å². The van der Waals surface area contributed by atoms with Crippen molar-refractivity contribution in [2.24, 2.45) is 5.84 Å². The Labute approximate surface area is 113 Å². The van der Waals surface area contributed by atoms with E-state index in [1.807, 2.05) is 60.7 Å². The van der Waals surface area contributed by atoms with Gasteiger partial charge in [0.15, 0.2) is 0 Å². The number of nitrogens with two attached hydrogens (primary N) is 1. The van der Waals surface area contributed by atoms with Gasteiger partial charge in [-0.05, 0) is 24.3 Å². The molecule has 1 aliphatic heterocycles. The van der Waals surface area contributed by atoms with Gasteiger partial charge in [-0.3, -0.25) is 5.01 Å². The van der Waals surface area contributed by atoms with Gasteiger partial charge >= 0.3 is 0 Å². The number of epoxide rings is 1. The largest absolute Gasteiger partial charge is 0.394 e. The topological polar surface area (TPSA) is 62.0 Å². The van der Waals surface area contributed by atoms with E-state index in [1.54, 1.807) is 5.01 Å². The normalized spacial score (nSPS) is 16.2. The van der Waals surface area contributed by atoms with Crippen molar-refractivity contribution in [3.05, 3.63) is 60.7 Å². The van der Waals surface area contributed by atoms with Gasteiger partial charge in [-0.15, -0.1) is 0 Å². The molecule has 0 radical (unpaired) electrons. The Kier molecular flexibility index (Phi) is 4.92. The van der Waals surface area contributed by atoms with Crippen LogP contribution in [0.2, 0.25) is 0 Å². The third kappa shape index (κ3) is 4.37. The van der Waals surface area contributed by atoms with Crippen LogP contribution in [0.15, 0.2) is 60.7 Å². The number of hydrogen-bond acceptors (Lipinski definition) is 4. The molecule has 0 spiro atoms. The van der Waals surface area contributed by atoms with Crippen LogP contribution in [-0.2, 0) is 4.74 Å². The number of nitrogens with zero attached hydrogens (tertiary/aromatic N) is 1. The maximum atomic E-state index is 8.08. The van der Waals surface area contributed by atoms with Crippen LogP contribution in [0.4, 0.5) is 11.4 Å². The van der Waals surface area contributed by atoms with Crippen molar-refractivity contribution in [1.82, 2.24) is 0 Å². The number of rotatable bonds is 3. The summed E-state index contributed by atoms with van der Waals surface area (Å²) < 4.78 is 4.61. The molecule has 3 rings (SSSR count). The minimum absolute atomic E-state index is 0.190. The van der Waals surface area contributed by atoms with Gasteiger partial charge in [0.25, 0.3) is 0 Å². The summed E-state index contributed by atoms with van der Waals surface area (Å²) in [5.74, 6) is 5.95. The zero-order valence-corrected chi connectivity index (χ0v) is 10.6. The Morgan fingerprint density at radius 1 is 1.00 bits per heavy atom. The molecule has 4 nitrogen and oxygen atoms in total. The fourth-order valence-corrected chi connectivity index (χ4v) is 1.50. The summed E-state index contributed by atoms with van der Waals surface area (Å²) in [4.78, 5) is 0. The van der Waals surface area contributed by atoms with Crippen LogP contribution >= 0.6 is 0 Å². The molecule has 0 aliphatic carbocycles. The standard InChI is InChI=1S/C12H12N2.C3H6O2/c13-14(11-7-3-1-4-8-11)12-9-5-2-6-10-12;4-1-3-2-5-3/h1-10H,13H2;3-4H,1-2H2. The number of hydrazine groups is 1. The highest BCUT2D eigenvalue weighted by atomic mass is 16.6. The van der Waals surface area contributed by atoms with Crippen molar-refractivity contribution in [3.8, 4) is 0 Å². The van der Waals surface area contributed by atoms with Crippen LogP contribution in [0.25, 0.3) is 0 Å². The predicted molar refractivity (Wildman–Crippen MR) is 76.0 cm³/mol. The summed E-state index contributed by atoms with van der Waals surface area (Å²) in [6, 6.07) is 19.7. The molecule has 1 fully saturated rings. The molecule has 2 aromatic rings. The lowest BCUT2D eigenvalue weighted by Crippen LogP contribution is -2.24. The van der Waals surface area contributed by atoms with Crippen LogP contribution in [-0.4, -0.2) is 24.4 Å². The molecule has 1 unspecified atom stereocenters. The number of ether oxygens (including phenoxy) is 1. The van der Waals surface area contributed by atoms with Crippen molar-refractivity contribution >= 4 is 11.4 Å². The lowest BCUT2D eigenvalue weighted by Gasteiger charge is -2.18. The van der Waals surface area contributed by atoms with Crippen LogP contribution < -0.4 is 10.9 Å². The zero-order valence-electron chi connectivity index (χ0n) is 10.6. The summed E-state index contributed by atoms with van der Waals surface area (Å²) in [5, 5.41) is 9.75. The molecule has 0 aromatic heterocycles. The minimum Gasteiger partial charge on any atom is -0.394 e. The zero-order chi connectivity index (χ0) is 13.5. The molecule has 19 heavy (non-hydrogen) atoms. The predicted octanol–water partition coefficient (Wildman–Crippen LogP) is 2.08. The van der Waals surface area contributed by atoms with Gasteiger partial charge in [-0.2, -0.15) is 0 Å². The maximum Gasteiger partial charge on any atom is 0.104 e. The van der Waals surface area contributed by atoms with Gasteiger partial charge in [0.2, 0.25) is 0 Å². The Balaban J connectivity index is 0.000000224. The molecule has 100 valence electrons. The highest BCUT2D eigenvalue weighted by Crippen LogP contribution is 2.20. The van der Waals surface area contributed by atoms with E-state index >= 15 is 0 Å². The highest BCUT2D eigenvalue weighted by Gasteiger charge is 2.19. The molecule has 0 bridgehead atoms. The summed E-state index contributed by atoms with van der Waals surface area (Å²) in [6.45, 7) is 0.955. The number of aliphatic hydroxyl groups excluding tert-OH is 1. The van der Waals surface area contributed by atoms with E-state index in [2.05, 4.69) is 4.74 Å². The van der Waals surface area contributed by atoms with Gasteiger partial charge in [-0.25, -0.2) is 5.84 Å². The molecule has 1 aliphatic rings. The molecule has 0 amide bonds. The number of hydrogen-bond donors (Lipinski definition) is 2. The van der Waals surface area contributed by atoms with Crippen molar-refractivity contribution < 1.29 is 9.84 Å². The molecule has 4 heteroatoms. The molecule has 0 saturated carbocycles. The summed E-state index contributed by atoms with van der Waals surface area (Å²) in [7, 11) is 0. The molecule has 1 heterocycles. The molecule has 1 atom stereocenters. The first-order chi connectivity index (χ1) is 9.31. The van der Waals surface area contributed by atoms with E-state index in [1.165, 1.54) is 0 Å². The average Bonchev–Trinajstić information content (AvgIpc) is 3.33. The number of para-hydroxylation sites is 2. The van der Waals surface area contributed by atoms with E-state index in [4.69, 9.17) is 10.9 Å². The smallest absolute Gasteiger partial charge is 0.104 e. The third-order valence-electron chi connectivity index (χ3n) is 2.67. The quantitative estimate of drug-likeness (QED) is 0.502. The fraction of sp³-hybridized carbons (Fsp3) is 0.200. The lowest BCUT2D eigenvalue weighted by molar-refractivity contribution is 0.244. The Morgan fingerprint density at radius 2 is 1.42 bits per heavy atom. The highest BCUT2D eigenvalue weighted by molar-refractivity contribution is 5.60. The molecular formula is C15H18N2O2. The molecule has 1 saturated heterocycles. The van der Waals surface area contributed by atoms with Crippen molar-refractivity contribution in [2.45, 2.75) is 6.10 Å². The van der Waals surface area contributed by atoms with E-state index in [0.29, 0.717) is 0 Å². The van der Waals surface area contributed by atoms with Crippen molar-refractivity contribution in [2.75, 3.05) is 18.2 Å². The summed E-state index contributed by atoms with van der Waals surface area (Å²) in [6.07, 6.45) is 0.190. The average molecular weight is 258 g/mol. The first kappa shape index (κ1) is 13.5. The van der Waals surface area contributed by atoms with Gasteiger partial charge < -0.3 is 9.84 Å². The monoisotopic (exact) mass is 258 g/mol. The molecular weight excluding hydrogens is 240 g/mol. The van der Waals surface area contributed by atoms with Crippen LogP contribution in [0, 0.1) is 0 Å². The van der Waals surface area contributed by atoms with E-state index in [0.717, 1.165) is 18.0 Å². The Morgan fingerprint density at radius 3 is 1.68 bits per heavy atom. The molecule has 3 N–H and O–H groups in total. The second kappa shape index (κ2) is 6.89. The number of benzene rings is 2. The van der Waals surface area contributed by atoms with E-state index in [-0.39, 0.29) is 12.7 Å². The maximum absolute atomic E-state index is 8.08. The first-order valence-corrected chi connectivity index (χ1v) is 6.18. The second-order valence-corrected chi connectivity index (χ2v) is 4.18. The van der Waals surface area contributed by atoms with Gasteiger partial charge in [0, 0.05) is 0 Å². The van der Waals surface area contributed by atoms with Crippen LogP contribution in [0.1, 0.15) is 0 Å². The first-order valence-electron chi connectivity index (χ1n) is 6.18. The lowest BCUT2D eigenvalue weighted by atomic mass is 10.2. The second-order valence-electron chi connectivity index (χ2n) is 4.18. The molecule has 2 aromatic carbocycles. The summed E-state index contributed by atoms with van der Waals surface area (Å²) >= 11 is 0. The summed E-state index contributed by atoms with van der Waals surface area (Å²) in [5.41, 5.74) is 1.97. The SMILES string of the molecule is NN(c1ccccc1)c1ccccc1.OCC1CO1. The number of aliphatic hydroxyl groups is 1. The van der Waals surface area contributed by atoms with Crippen molar-refractivity contribution in [1.29, 1.82) is 0 Å². The van der Waals surface area contributed by atoms with E-state index in [9.17, 15) is 0 Å². The van der Waals surface area contributed by atoms with Gasteiger partial charge in [0.05, 0.1) is 24.6 Å².